The van der Waals surface area contributed by atoms with Gasteiger partial charge in [-0.2, -0.15) is 0 Å². The third kappa shape index (κ3) is 16.7. The lowest BCUT2D eigenvalue weighted by Crippen LogP contribution is -2.61. The fourth-order valence-electron chi connectivity index (χ4n) is 7.10. The Kier molecular flexibility index (Phi) is 21.9. The molecule has 1 heterocycles. The lowest BCUT2D eigenvalue weighted by atomic mass is 9.96. The standard InChI is InChI=1S/C44H65N11O11/c1-4-25(2)35(41(63)49-29(17-11-19-48-44(46)47)37(59)51-31(43(65)66)22-28-15-9-6-10-16-28)54-38(60)30(21-27-13-7-5-8-14-27)50-39(61)32(23-56)52-40(62)34-18-12-20-55(34)42(64)33(24-57)53-36(58)26(3)45/h5-10,13-16,25-26,29-35,56-57H,4,11-12,17-24,45H2,1-3H3,(H,49,63)(H,50,61)(H,51,59)(H,52,62)(H,53,58)(H,54,60)(H,65,66)(H4,46,47,48)/t25-,26-,29-,30-,31-,32-,33-,34-,35-/m0/s1. The van der Waals surface area contributed by atoms with Gasteiger partial charge in [0.25, 0.3) is 0 Å². The van der Waals surface area contributed by atoms with Crippen LogP contribution in [0.4, 0.5) is 0 Å². The Hall–Kier alpha value is -6.65. The van der Waals surface area contributed by atoms with E-state index in [0.29, 0.717) is 24.0 Å². The number of carbonyl (C=O) groups is 8. The van der Waals surface area contributed by atoms with Gasteiger partial charge in [0.1, 0.15) is 42.3 Å². The van der Waals surface area contributed by atoms with E-state index in [0.717, 1.165) is 4.90 Å². The number of nitrogens with two attached hydrogens (primary N) is 3. The van der Waals surface area contributed by atoms with Crippen LogP contribution in [0.2, 0.25) is 0 Å². The molecule has 0 aromatic heterocycles. The van der Waals surface area contributed by atoms with Gasteiger partial charge in [0, 0.05) is 25.9 Å². The van der Waals surface area contributed by atoms with Crippen molar-refractivity contribution in [3.8, 4) is 0 Å². The molecule has 1 aliphatic rings. The number of aliphatic hydroxyl groups is 2. The minimum absolute atomic E-state index is 0.0208. The molecule has 0 unspecified atom stereocenters. The first-order valence-electron chi connectivity index (χ1n) is 21.9. The molecule has 2 aromatic carbocycles. The molecule has 1 aliphatic heterocycles. The first-order chi connectivity index (χ1) is 31.4. The highest BCUT2D eigenvalue weighted by Crippen LogP contribution is 2.19. The number of nitrogens with one attached hydrogen (secondary N) is 6. The molecule has 22 nitrogen and oxygen atoms in total. The predicted octanol–water partition coefficient (Wildman–Crippen LogP) is -3.11. The number of hydrogen-bond donors (Lipinski definition) is 12. The third-order valence-corrected chi connectivity index (χ3v) is 11.0. The van der Waals surface area contributed by atoms with Crippen molar-refractivity contribution in [1.82, 2.24) is 36.8 Å². The quantitative estimate of drug-likeness (QED) is 0.0253. The summed E-state index contributed by atoms with van der Waals surface area (Å²) in [5, 5.41) is 45.4. The Labute approximate surface area is 383 Å². The Morgan fingerprint density at radius 3 is 1.74 bits per heavy atom. The van der Waals surface area contributed by atoms with Crippen molar-refractivity contribution in [1.29, 1.82) is 0 Å². The summed E-state index contributed by atoms with van der Waals surface area (Å²) in [5.41, 5.74) is 17.8. The molecular formula is C44H65N11O11. The zero-order valence-electron chi connectivity index (χ0n) is 37.5. The van der Waals surface area contributed by atoms with E-state index in [4.69, 9.17) is 17.2 Å². The number of carboxylic acids is 1. The topological polar surface area (TPSA) is 363 Å². The summed E-state index contributed by atoms with van der Waals surface area (Å²) in [4.78, 5) is 112. The molecule has 0 radical (unpaired) electrons. The number of aliphatic hydroxyl groups excluding tert-OH is 2. The van der Waals surface area contributed by atoms with E-state index in [1.807, 2.05) is 0 Å². The molecule has 66 heavy (non-hydrogen) atoms. The average Bonchev–Trinajstić information content (AvgIpc) is 3.80. The molecule has 0 bridgehead atoms. The first kappa shape index (κ1) is 53.7. The molecule has 2 aromatic rings. The number of carbonyl (C=O) groups excluding carboxylic acids is 7. The van der Waals surface area contributed by atoms with Crippen LogP contribution in [0.3, 0.4) is 0 Å². The van der Waals surface area contributed by atoms with Crippen molar-refractivity contribution in [3.63, 3.8) is 0 Å². The smallest absolute Gasteiger partial charge is 0.326 e. The van der Waals surface area contributed by atoms with Crippen LogP contribution in [0.1, 0.15) is 64.0 Å². The minimum atomic E-state index is -1.61. The summed E-state index contributed by atoms with van der Waals surface area (Å²) in [5.74, 6) is -7.68. The maximum atomic E-state index is 14.2. The van der Waals surface area contributed by atoms with Gasteiger partial charge < -0.3 is 69.3 Å². The number of amides is 7. The third-order valence-electron chi connectivity index (χ3n) is 11.0. The second-order valence-electron chi connectivity index (χ2n) is 16.2. The van der Waals surface area contributed by atoms with Crippen molar-refractivity contribution in [2.75, 3.05) is 26.3 Å². The van der Waals surface area contributed by atoms with Crippen molar-refractivity contribution < 1.29 is 53.7 Å². The Morgan fingerprint density at radius 2 is 1.21 bits per heavy atom. The summed E-state index contributed by atoms with van der Waals surface area (Å²) in [7, 11) is 0. The van der Waals surface area contributed by atoms with Gasteiger partial charge in [-0.3, -0.25) is 38.6 Å². The van der Waals surface area contributed by atoms with Crippen LogP contribution in [0.5, 0.6) is 0 Å². The summed E-state index contributed by atoms with van der Waals surface area (Å²) < 4.78 is 0. The molecule has 15 N–H and O–H groups in total. The monoisotopic (exact) mass is 923 g/mol. The normalized spacial score (nSPS) is 16.9. The van der Waals surface area contributed by atoms with Gasteiger partial charge in [0.2, 0.25) is 41.4 Å². The highest BCUT2D eigenvalue weighted by Gasteiger charge is 2.40. The van der Waals surface area contributed by atoms with Gasteiger partial charge in [-0.05, 0) is 49.7 Å². The second-order valence-corrected chi connectivity index (χ2v) is 16.2. The molecular weight excluding hydrogens is 859 g/mol. The Morgan fingerprint density at radius 1 is 0.697 bits per heavy atom. The summed E-state index contributed by atoms with van der Waals surface area (Å²) in [6.07, 6.45) is 0.944. The maximum absolute atomic E-state index is 14.2. The number of likely N-dealkylation sites (tertiary alicyclic amines) is 1. The van der Waals surface area contributed by atoms with E-state index in [9.17, 15) is 53.7 Å². The number of aliphatic imine (C=N–C) groups is 1. The molecule has 3 rings (SSSR count). The van der Waals surface area contributed by atoms with Crippen LogP contribution in [-0.4, -0.2) is 148 Å². The van der Waals surface area contributed by atoms with E-state index in [2.05, 4.69) is 36.9 Å². The van der Waals surface area contributed by atoms with Gasteiger partial charge in [0.05, 0.1) is 19.3 Å². The van der Waals surface area contributed by atoms with Crippen LogP contribution in [0, 0.1) is 5.92 Å². The van der Waals surface area contributed by atoms with Crippen molar-refractivity contribution >= 4 is 53.3 Å². The molecule has 362 valence electrons. The lowest BCUT2D eigenvalue weighted by Gasteiger charge is -2.30. The number of guanidine groups is 1. The highest BCUT2D eigenvalue weighted by molar-refractivity contribution is 5.98. The first-order valence-corrected chi connectivity index (χ1v) is 21.9. The number of nitrogens with zero attached hydrogens (tertiary/aromatic N) is 2. The molecule has 9 atom stereocenters. The van der Waals surface area contributed by atoms with Gasteiger partial charge in [-0.1, -0.05) is 80.9 Å². The summed E-state index contributed by atoms with van der Waals surface area (Å²) in [6.45, 7) is 3.35. The Bertz CT molecular complexity index is 1990. The molecule has 7 amide bonds. The SMILES string of the molecule is CC[C@H](C)[C@H](NC(=O)[C@H](Cc1ccccc1)NC(=O)[C@H](CO)NC(=O)[C@@H]1CCCN1C(=O)[C@H](CO)NC(=O)[C@H](C)N)C(=O)N[C@@H](CCCN=C(N)N)C(=O)N[C@@H](Cc1ccccc1)C(=O)O. The van der Waals surface area contributed by atoms with Crippen LogP contribution in [-0.2, 0) is 51.2 Å². The molecule has 0 saturated carbocycles. The van der Waals surface area contributed by atoms with E-state index in [1.165, 1.54) is 6.92 Å². The average molecular weight is 924 g/mol. The zero-order valence-corrected chi connectivity index (χ0v) is 37.5. The van der Waals surface area contributed by atoms with Crippen molar-refractivity contribution in [2.24, 2.45) is 28.1 Å². The minimum Gasteiger partial charge on any atom is -0.480 e. The van der Waals surface area contributed by atoms with Crippen molar-refractivity contribution in [3.05, 3.63) is 71.8 Å². The number of rotatable bonds is 26. The highest BCUT2D eigenvalue weighted by atomic mass is 16.4. The number of aliphatic carboxylic acids is 1. The predicted molar refractivity (Wildman–Crippen MR) is 241 cm³/mol. The van der Waals surface area contributed by atoms with Gasteiger partial charge >= 0.3 is 5.97 Å². The van der Waals surface area contributed by atoms with E-state index in [-0.39, 0.29) is 51.2 Å². The molecule has 1 fully saturated rings. The Balaban J connectivity index is 1.84. The number of benzene rings is 2. The largest absolute Gasteiger partial charge is 0.480 e. The van der Waals surface area contributed by atoms with Gasteiger partial charge in [-0.15, -0.1) is 0 Å². The second kappa shape index (κ2) is 27.0. The lowest BCUT2D eigenvalue weighted by molar-refractivity contribution is -0.143. The number of hydrogen-bond acceptors (Lipinski definition) is 12. The molecule has 0 aliphatic carbocycles. The fourth-order valence-corrected chi connectivity index (χ4v) is 7.10. The summed E-state index contributed by atoms with van der Waals surface area (Å²) >= 11 is 0. The molecule has 1 saturated heterocycles. The van der Waals surface area contributed by atoms with E-state index in [1.54, 1.807) is 74.5 Å². The van der Waals surface area contributed by atoms with Crippen molar-refractivity contribution in [2.45, 2.75) is 114 Å². The van der Waals surface area contributed by atoms with Gasteiger partial charge in [0.15, 0.2) is 5.96 Å². The fraction of sp³-hybridized carbons (Fsp3) is 0.523. The maximum Gasteiger partial charge on any atom is 0.326 e. The van der Waals surface area contributed by atoms with Crippen LogP contribution in [0.15, 0.2) is 65.7 Å². The van der Waals surface area contributed by atoms with E-state index >= 15 is 0 Å². The molecule has 22 heteroatoms. The molecule has 0 spiro atoms. The zero-order chi connectivity index (χ0) is 48.9. The van der Waals surface area contributed by atoms with E-state index < -0.39 is 115 Å². The van der Waals surface area contributed by atoms with Crippen LogP contribution < -0.4 is 49.1 Å². The summed E-state index contributed by atoms with van der Waals surface area (Å²) in [6, 6.07) is 6.78. The van der Waals surface area contributed by atoms with Gasteiger partial charge in [-0.25, -0.2) is 4.79 Å². The van der Waals surface area contributed by atoms with Crippen LogP contribution >= 0.6 is 0 Å². The number of carboxylic acid groups (broad SMARTS) is 1. The van der Waals surface area contributed by atoms with Crippen LogP contribution in [0.25, 0.3) is 0 Å².